The molecule has 29 heavy (non-hydrogen) atoms. The van der Waals surface area contributed by atoms with E-state index in [4.69, 9.17) is 14.5 Å². The number of rotatable bonds is 3. The van der Waals surface area contributed by atoms with Gasteiger partial charge in [-0.1, -0.05) is 25.1 Å². The van der Waals surface area contributed by atoms with Gasteiger partial charge < -0.3 is 14.0 Å². The quantitative estimate of drug-likeness (QED) is 0.501. The second-order valence-corrected chi connectivity index (χ2v) is 7.93. The molecule has 0 fully saturated rings. The largest absolute Gasteiger partial charge is 0.458 e. The van der Waals surface area contributed by atoms with Crippen molar-refractivity contribution in [1.29, 1.82) is 0 Å². The van der Waals surface area contributed by atoms with E-state index in [1.165, 1.54) is 0 Å². The van der Waals surface area contributed by atoms with Crippen LogP contribution in [0.15, 0.2) is 41.2 Å². The van der Waals surface area contributed by atoms with E-state index in [0.29, 0.717) is 24.1 Å². The first-order chi connectivity index (χ1) is 13.9. The zero-order valence-corrected chi connectivity index (χ0v) is 16.7. The van der Waals surface area contributed by atoms with Gasteiger partial charge in [0, 0.05) is 16.5 Å². The molecule has 5 rings (SSSR count). The fourth-order valence-corrected chi connectivity index (χ4v) is 4.51. The van der Waals surface area contributed by atoms with E-state index in [1.807, 2.05) is 51.1 Å². The molecular weight excluding hydrogens is 368 g/mol. The van der Waals surface area contributed by atoms with Crippen LogP contribution in [0.25, 0.3) is 22.3 Å². The Bertz CT molecular complexity index is 1230. The first-order valence-corrected chi connectivity index (χ1v) is 9.96. The predicted octanol–water partition coefficient (Wildman–Crippen LogP) is 3.51. The molecular formula is C23H22N2O4. The number of pyridine rings is 2. The molecule has 0 N–H and O–H groups in total. The van der Waals surface area contributed by atoms with Crippen molar-refractivity contribution in [1.82, 2.24) is 9.55 Å². The number of aromatic nitrogens is 2. The first-order valence-electron chi connectivity index (χ1n) is 9.96. The van der Waals surface area contributed by atoms with E-state index in [0.717, 1.165) is 27.9 Å². The molecule has 4 heterocycles. The Morgan fingerprint density at radius 3 is 2.79 bits per heavy atom. The summed E-state index contributed by atoms with van der Waals surface area (Å²) in [6.45, 7) is 6.07. The van der Waals surface area contributed by atoms with E-state index in [2.05, 4.69) is 6.07 Å². The van der Waals surface area contributed by atoms with Crippen LogP contribution in [0.2, 0.25) is 0 Å². The van der Waals surface area contributed by atoms with Gasteiger partial charge in [0.1, 0.15) is 6.61 Å². The van der Waals surface area contributed by atoms with Crippen LogP contribution in [-0.4, -0.2) is 21.6 Å². The second-order valence-electron chi connectivity index (χ2n) is 7.93. The van der Waals surface area contributed by atoms with E-state index in [-0.39, 0.29) is 18.3 Å². The van der Waals surface area contributed by atoms with Gasteiger partial charge in [-0.25, -0.2) is 9.78 Å². The number of carbonyl (C=O) groups excluding carboxylic acids is 1. The van der Waals surface area contributed by atoms with Crippen molar-refractivity contribution in [3.05, 3.63) is 63.4 Å². The Morgan fingerprint density at radius 1 is 1.24 bits per heavy atom. The maximum atomic E-state index is 13.4. The van der Waals surface area contributed by atoms with Crippen molar-refractivity contribution in [2.75, 3.05) is 0 Å². The minimum absolute atomic E-state index is 0.0256. The molecule has 0 spiro atoms. The van der Waals surface area contributed by atoms with Crippen molar-refractivity contribution in [2.45, 2.75) is 52.0 Å². The average Bonchev–Trinajstić information content (AvgIpc) is 3.06. The van der Waals surface area contributed by atoms with Gasteiger partial charge >= 0.3 is 5.97 Å². The number of fused-ring (bicyclic) bond motifs is 5. The van der Waals surface area contributed by atoms with Crippen molar-refractivity contribution in [2.24, 2.45) is 0 Å². The number of esters is 1. The molecule has 1 unspecified atom stereocenters. The van der Waals surface area contributed by atoms with E-state index in [9.17, 15) is 9.59 Å². The highest BCUT2D eigenvalue weighted by atomic mass is 16.6. The molecule has 0 bridgehead atoms. The summed E-state index contributed by atoms with van der Waals surface area (Å²) >= 11 is 0. The Kier molecular flexibility index (Phi) is 3.90. The molecule has 2 aliphatic rings. The van der Waals surface area contributed by atoms with Crippen LogP contribution in [-0.2, 0) is 33.0 Å². The van der Waals surface area contributed by atoms with Crippen LogP contribution in [0, 0.1) is 0 Å². The number of benzene rings is 1. The third kappa shape index (κ3) is 2.48. The summed E-state index contributed by atoms with van der Waals surface area (Å²) in [6, 6.07) is 11.9. The highest BCUT2D eigenvalue weighted by Gasteiger charge is 2.48. The Balaban J connectivity index is 1.78. The van der Waals surface area contributed by atoms with E-state index >= 15 is 0 Å². The summed E-state index contributed by atoms with van der Waals surface area (Å²) in [5.74, 6) is -0.435. The standard InChI is InChI=1S/C23H22N2O4/c1-4-23(29-13(2)3)17-10-19-20-15(9-14-7-5-6-8-18(14)24-20)11-25(19)21(26)16(17)12-28-22(23)27/h5-10,13H,4,11-12H2,1-3H3. The van der Waals surface area contributed by atoms with Crippen molar-refractivity contribution in [3.63, 3.8) is 0 Å². The molecule has 0 saturated carbocycles. The molecule has 6 heteroatoms. The fraction of sp³-hybridized carbons (Fsp3) is 0.348. The summed E-state index contributed by atoms with van der Waals surface area (Å²) in [4.78, 5) is 31.0. The number of hydrogen-bond donors (Lipinski definition) is 0. The number of ether oxygens (including phenoxy) is 2. The summed E-state index contributed by atoms with van der Waals surface area (Å²) in [5.41, 5.74) is 3.10. The number of nitrogens with zero attached hydrogens (tertiary/aromatic N) is 2. The Hall–Kier alpha value is -2.99. The van der Waals surface area contributed by atoms with Gasteiger partial charge in [0.25, 0.3) is 5.56 Å². The third-order valence-corrected chi connectivity index (χ3v) is 5.82. The molecule has 3 aromatic rings. The van der Waals surface area contributed by atoms with Gasteiger partial charge in [-0.2, -0.15) is 0 Å². The van der Waals surface area contributed by atoms with Gasteiger partial charge in [0.05, 0.1) is 35.1 Å². The van der Waals surface area contributed by atoms with Crippen LogP contribution < -0.4 is 5.56 Å². The smallest absolute Gasteiger partial charge is 0.343 e. The summed E-state index contributed by atoms with van der Waals surface area (Å²) in [6.07, 6.45) is 0.191. The number of carbonyl (C=O) groups is 1. The maximum Gasteiger partial charge on any atom is 0.343 e. The normalized spacial score (nSPS) is 19.8. The Labute approximate surface area is 168 Å². The summed E-state index contributed by atoms with van der Waals surface area (Å²) < 4.78 is 13.2. The van der Waals surface area contributed by atoms with Crippen LogP contribution in [0.1, 0.15) is 43.9 Å². The fourth-order valence-electron chi connectivity index (χ4n) is 4.51. The van der Waals surface area contributed by atoms with Gasteiger partial charge in [-0.05, 0) is 38.5 Å². The lowest BCUT2D eigenvalue weighted by Crippen LogP contribution is -2.47. The molecule has 2 aromatic heterocycles. The molecule has 0 radical (unpaired) electrons. The van der Waals surface area contributed by atoms with Gasteiger partial charge in [-0.3, -0.25) is 4.79 Å². The van der Waals surface area contributed by atoms with Crippen LogP contribution in [0.4, 0.5) is 0 Å². The van der Waals surface area contributed by atoms with Crippen LogP contribution in [0.5, 0.6) is 0 Å². The second kappa shape index (κ2) is 6.26. The maximum absolute atomic E-state index is 13.4. The number of cyclic esters (lactones) is 1. The minimum Gasteiger partial charge on any atom is -0.458 e. The van der Waals surface area contributed by atoms with Crippen LogP contribution in [0.3, 0.4) is 0 Å². The van der Waals surface area contributed by atoms with Crippen molar-refractivity contribution < 1.29 is 14.3 Å². The average molecular weight is 390 g/mol. The highest BCUT2D eigenvalue weighted by molar-refractivity contribution is 5.86. The van der Waals surface area contributed by atoms with Crippen molar-refractivity contribution in [3.8, 4) is 11.4 Å². The Morgan fingerprint density at radius 2 is 2.03 bits per heavy atom. The lowest BCUT2D eigenvalue weighted by Gasteiger charge is -2.37. The summed E-state index contributed by atoms with van der Waals surface area (Å²) in [5, 5.41) is 1.04. The molecule has 1 aromatic carbocycles. The van der Waals surface area contributed by atoms with E-state index < -0.39 is 11.6 Å². The molecule has 0 aliphatic carbocycles. The van der Waals surface area contributed by atoms with Gasteiger partial charge in [0.15, 0.2) is 5.60 Å². The topological polar surface area (TPSA) is 70.4 Å². The third-order valence-electron chi connectivity index (χ3n) is 5.82. The number of hydrogen-bond acceptors (Lipinski definition) is 5. The molecule has 2 aliphatic heterocycles. The lowest BCUT2D eigenvalue weighted by atomic mass is 9.85. The predicted molar refractivity (Wildman–Crippen MR) is 109 cm³/mol. The molecule has 148 valence electrons. The zero-order chi connectivity index (χ0) is 20.3. The van der Waals surface area contributed by atoms with Crippen LogP contribution >= 0.6 is 0 Å². The van der Waals surface area contributed by atoms with Gasteiger partial charge in [-0.15, -0.1) is 0 Å². The highest BCUT2D eigenvalue weighted by Crippen LogP contribution is 2.41. The molecule has 1 atom stereocenters. The van der Waals surface area contributed by atoms with E-state index in [1.54, 1.807) is 4.57 Å². The molecule has 0 saturated heterocycles. The minimum atomic E-state index is -1.27. The molecule has 0 amide bonds. The SMILES string of the molecule is CCC1(OC(C)C)C(=O)OCc2c1cc1n(c2=O)Cc2cc3ccccc3nc2-1. The zero-order valence-electron chi connectivity index (χ0n) is 16.7. The monoisotopic (exact) mass is 390 g/mol. The summed E-state index contributed by atoms with van der Waals surface area (Å²) in [7, 11) is 0. The lowest BCUT2D eigenvalue weighted by molar-refractivity contribution is -0.187. The first kappa shape index (κ1) is 18.1. The number of para-hydroxylation sites is 1. The molecule has 6 nitrogen and oxygen atoms in total. The van der Waals surface area contributed by atoms with Gasteiger partial charge in [0.2, 0.25) is 0 Å². The van der Waals surface area contributed by atoms with Crippen molar-refractivity contribution >= 4 is 16.9 Å².